The number of likely N-dealkylation sites (tertiary alicyclic amines) is 1. The monoisotopic (exact) mass is 339 g/mol. The van der Waals surface area contributed by atoms with Gasteiger partial charge in [-0.1, -0.05) is 0 Å². The summed E-state index contributed by atoms with van der Waals surface area (Å²) in [6.45, 7) is 4.26. The minimum atomic E-state index is -0.202. The number of nitrogens with zero attached hydrogens (tertiary/aromatic N) is 5. The normalized spacial score (nSPS) is 13.9. The molecule has 0 bridgehead atoms. The molecule has 8 heteroatoms. The lowest BCUT2D eigenvalue weighted by molar-refractivity contribution is -0.140. The van der Waals surface area contributed by atoms with Gasteiger partial charge in [-0.15, -0.1) is 0 Å². The molecule has 0 aliphatic carbocycles. The van der Waals surface area contributed by atoms with Crippen molar-refractivity contribution in [1.29, 1.82) is 5.26 Å². The topological polar surface area (TPSA) is 101 Å². The zero-order chi connectivity index (χ0) is 18.0. The van der Waals surface area contributed by atoms with Crippen LogP contribution in [-0.2, 0) is 11.3 Å². The second-order valence-corrected chi connectivity index (χ2v) is 5.92. The predicted octanol–water partition coefficient (Wildman–Crippen LogP) is 0.417. The van der Waals surface area contributed by atoms with Gasteiger partial charge in [0.05, 0.1) is 31.0 Å². The number of pyridine rings is 1. The minimum absolute atomic E-state index is 0.0398. The van der Waals surface area contributed by atoms with E-state index in [1.165, 1.54) is 17.1 Å². The van der Waals surface area contributed by atoms with Crippen molar-refractivity contribution in [2.24, 2.45) is 0 Å². The Balaban J connectivity index is 1.56. The summed E-state index contributed by atoms with van der Waals surface area (Å²) in [4.78, 5) is 34.2. The Bertz CT molecular complexity index is 909. The van der Waals surface area contributed by atoms with E-state index in [9.17, 15) is 9.59 Å². The van der Waals surface area contributed by atoms with E-state index in [-0.39, 0.29) is 24.1 Å². The Hall–Kier alpha value is -3.21. The van der Waals surface area contributed by atoms with Gasteiger partial charge in [-0.3, -0.25) is 14.2 Å². The molecule has 2 aromatic rings. The van der Waals surface area contributed by atoms with E-state index in [4.69, 9.17) is 10.00 Å². The molecule has 0 spiro atoms. The van der Waals surface area contributed by atoms with Crippen molar-refractivity contribution < 1.29 is 9.53 Å². The molecule has 1 saturated heterocycles. The third-order valence-corrected chi connectivity index (χ3v) is 4.17. The Labute approximate surface area is 144 Å². The van der Waals surface area contributed by atoms with Gasteiger partial charge in [-0.2, -0.15) is 5.26 Å². The average Bonchev–Trinajstić information content (AvgIpc) is 2.58. The zero-order valence-electron chi connectivity index (χ0n) is 14.0. The lowest BCUT2D eigenvalue weighted by Crippen LogP contribution is -2.57. The molecule has 1 aliphatic rings. The quantitative estimate of drug-likeness (QED) is 0.800. The number of hydrogen-bond acceptors (Lipinski definition) is 6. The summed E-state index contributed by atoms with van der Waals surface area (Å²) in [5, 5.41) is 8.86. The Kier molecular flexibility index (Phi) is 4.48. The van der Waals surface area contributed by atoms with Crippen molar-refractivity contribution in [2.75, 3.05) is 13.1 Å². The maximum atomic E-state index is 12.3. The number of amides is 1. The third-order valence-electron chi connectivity index (χ3n) is 4.17. The highest BCUT2D eigenvalue weighted by Crippen LogP contribution is 2.17. The SMILES string of the molecule is Cc1ncn(CC(=O)N2CC(Oc3cc(C#N)ccn3)C2)c(=O)c1C. The van der Waals surface area contributed by atoms with Crippen molar-refractivity contribution in [2.45, 2.75) is 26.5 Å². The van der Waals surface area contributed by atoms with Gasteiger partial charge in [0.15, 0.2) is 0 Å². The molecule has 1 amide bonds. The fourth-order valence-electron chi connectivity index (χ4n) is 2.46. The van der Waals surface area contributed by atoms with Gasteiger partial charge in [0.2, 0.25) is 11.8 Å². The summed E-state index contributed by atoms with van der Waals surface area (Å²) in [6, 6.07) is 5.18. The van der Waals surface area contributed by atoms with Gasteiger partial charge in [0.1, 0.15) is 12.6 Å². The average molecular weight is 339 g/mol. The van der Waals surface area contributed by atoms with Crippen LogP contribution in [0.1, 0.15) is 16.8 Å². The molecule has 0 aromatic carbocycles. The summed E-state index contributed by atoms with van der Waals surface area (Å²) in [5.41, 5.74) is 1.48. The van der Waals surface area contributed by atoms with Crippen LogP contribution in [0, 0.1) is 25.2 Å². The molecule has 25 heavy (non-hydrogen) atoms. The van der Waals surface area contributed by atoms with Crippen LogP contribution in [0.25, 0.3) is 0 Å². The first kappa shape index (κ1) is 16.6. The van der Waals surface area contributed by atoms with E-state index in [0.29, 0.717) is 35.8 Å². The first-order chi connectivity index (χ1) is 12.0. The molecule has 8 nitrogen and oxygen atoms in total. The minimum Gasteiger partial charge on any atom is -0.471 e. The number of ether oxygens (including phenoxy) is 1. The number of carbonyl (C=O) groups is 1. The number of rotatable bonds is 4. The first-order valence-corrected chi connectivity index (χ1v) is 7.81. The summed E-state index contributed by atoms with van der Waals surface area (Å²) in [5.74, 6) is 0.205. The molecule has 0 saturated carbocycles. The third kappa shape index (κ3) is 3.50. The highest BCUT2D eigenvalue weighted by molar-refractivity contribution is 5.77. The summed E-state index contributed by atoms with van der Waals surface area (Å²) < 4.78 is 6.96. The fraction of sp³-hybridized carbons (Fsp3) is 0.353. The molecule has 0 atom stereocenters. The number of aromatic nitrogens is 3. The molecule has 3 rings (SSSR count). The van der Waals surface area contributed by atoms with Gasteiger partial charge in [0, 0.05) is 23.5 Å². The van der Waals surface area contributed by atoms with Gasteiger partial charge in [-0.05, 0) is 19.9 Å². The van der Waals surface area contributed by atoms with E-state index >= 15 is 0 Å². The lowest BCUT2D eigenvalue weighted by Gasteiger charge is -2.38. The van der Waals surface area contributed by atoms with E-state index in [2.05, 4.69) is 9.97 Å². The van der Waals surface area contributed by atoms with Crippen LogP contribution < -0.4 is 10.3 Å². The van der Waals surface area contributed by atoms with Crippen LogP contribution >= 0.6 is 0 Å². The van der Waals surface area contributed by atoms with Crippen molar-refractivity contribution in [3.05, 3.63) is 51.8 Å². The van der Waals surface area contributed by atoms with Crippen molar-refractivity contribution in [3.8, 4) is 11.9 Å². The highest BCUT2D eigenvalue weighted by atomic mass is 16.5. The van der Waals surface area contributed by atoms with E-state index in [0.717, 1.165) is 0 Å². The number of nitriles is 1. The number of carbonyl (C=O) groups excluding carboxylic acids is 1. The van der Waals surface area contributed by atoms with Crippen molar-refractivity contribution in [1.82, 2.24) is 19.4 Å². The second-order valence-electron chi connectivity index (χ2n) is 5.92. The molecular formula is C17H17N5O3. The maximum absolute atomic E-state index is 12.3. The molecule has 128 valence electrons. The molecule has 2 aromatic heterocycles. The molecule has 3 heterocycles. The largest absolute Gasteiger partial charge is 0.471 e. The van der Waals surface area contributed by atoms with Gasteiger partial charge < -0.3 is 9.64 Å². The Morgan fingerprint density at radius 2 is 2.16 bits per heavy atom. The van der Waals surface area contributed by atoms with E-state index in [1.807, 2.05) is 6.07 Å². The molecular weight excluding hydrogens is 322 g/mol. The highest BCUT2D eigenvalue weighted by Gasteiger charge is 2.32. The van der Waals surface area contributed by atoms with Crippen LogP contribution in [0.15, 0.2) is 29.5 Å². The van der Waals surface area contributed by atoms with Crippen LogP contribution in [0.5, 0.6) is 5.88 Å². The fourth-order valence-corrected chi connectivity index (χ4v) is 2.46. The van der Waals surface area contributed by atoms with Crippen molar-refractivity contribution >= 4 is 5.91 Å². The summed E-state index contributed by atoms with van der Waals surface area (Å²) >= 11 is 0. The van der Waals surface area contributed by atoms with Crippen LogP contribution in [0.2, 0.25) is 0 Å². The van der Waals surface area contributed by atoms with Gasteiger partial charge in [-0.25, -0.2) is 9.97 Å². The number of aryl methyl sites for hydroxylation is 1. The summed E-state index contributed by atoms with van der Waals surface area (Å²) in [7, 11) is 0. The first-order valence-electron chi connectivity index (χ1n) is 7.81. The van der Waals surface area contributed by atoms with Crippen molar-refractivity contribution in [3.63, 3.8) is 0 Å². The maximum Gasteiger partial charge on any atom is 0.256 e. The molecule has 1 fully saturated rings. The standard InChI is InChI=1S/C17H17N5O3/c1-11-12(2)20-10-22(17(11)24)9-16(23)21-7-14(8-21)25-15-5-13(6-18)3-4-19-15/h3-5,10,14H,7-9H2,1-2H3. The zero-order valence-corrected chi connectivity index (χ0v) is 14.0. The summed E-state index contributed by atoms with van der Waals surface area (Å²) in [6.07, 6.45) is 2.74. The Morgan fingerprint density at radius 3 is 2.88 bits per heavy atom. The van der Waals surface area contributed by atoms with Crippen LogP contribution in [0.3, 0.4) is 0 Å². The molecule has 0 N–H and O–H groups in total. The van der Waals surface area contributed by atoms with E-state index in [1.54, 1.807) is 30.9 Å². The lowest BCUT2D eigenvalue weighted by atomic mass is 10.1. The number of hydrogen-bond donors (Lipinski definition) is 0. The van der Waals surface area contributed by atoms with Gasteiger partial charge >= 0.3 is 0 Å². The Morgan fingerprint density at radius 1 is 1.40 bits per heavy atom. The molecule has 0 radical (unpaired) electrons. The van der Waals surface area contributed by atoms with E-state index < -0.39 is 0 Å². The van der Waals surface area contributed by atoms with Crippen LogP contribution in [-0.4, -0.2) is 44.5 Å². The second kappa shape index (κ2) is 6.73. The molecule has 1 aliphatic heterocycles. The smallest absolute Gasteiger partial charge is 0.256 e. The predicted molar refractivity (Wildman–Crippen MR) is 87.9 cm³/mol. The molecule has 0 unspecified atom stereocenters. The van der Waals surface area contributed by atoms with Gasteiger partial charge in [0.25, 0.3) is 5.56 Å². The van der Waals surface area contributed by atoms with Crippen LogP contribution in [0.4, 0.5) is 0 Å².